The fourth-order valence-corrected chi connectivity index (χ4v) is 4.80. The molecule has 0 atom stereocenters. The lowest BCUT2D eigenvalue weighted by molar-refractivity contribution is -0.647. The smallest absolute Gasteiger partial charge is 0.282 e. The number of aryl methyl sites for hydroxylation is 2. The molecule has 5 N–H and O–H groups in total. The van der Waals surface area contributed by atoms with Crippen LogP contribution in [0.2, 0.25) is 10.0 Å². The number of anilines is 1. The van der Waals surface area contributed by atoms with Crippen molar-refractivity contribution in [2.24, 2.45) is 12.8 Å². The minimum absolute atomic E-state index is 0.0260. The third-order valence-electron chi connectivity index (χ3n) is 6.46. The van der Waals surface area contributed by atoms with Crippen LogP contribution in [0.15, 0.2) is 36.4 Å². The number of carbonyl (C=O) groups excluding carboxylic acids is 1. The second kappa shape index (κ2) is 15.1. The van der Waals surface area contributed by atoms with E-state index in [-0.39, 0.29) is 19.1 Å². The molecule has 0 saturated carbocycles. The highest BCUT2D eigenvalue weighted by Crippen LogP contribution is 2.28. The minimum Gasteiger partial charge on any atom is -0.395 e. The summed E-state index contributed by atoms with van der Waals surface area (Å²) in [6, 6.07) is 11.8. The Kier molecular flexibility index (Phi) is 11.9. The summed E-state index contributed by atoms with van der Waals surface area (Å²) in [5.41, 5.74) is 9.40. The molecular weight excluding hydrogens is 525 g/mol. The summed E-state index contributed by atoms with van der Waals surface area (Å²) >= 11 is 12.7. The molecule has 1 amide bonds. The van der Waals surface area contributed by atoms with Gasteiger partial charge >= 0.3 is 0 Å². The number of amides is 1. The van der Waals surface area contributed by atoms with Gasteiger partial charge in [0.25, 0.3) is 5.82 Å². The van der Waals surface area contributed by atoms with Crippen LogP contribution in [-0.2, 0) is 18.4 Å². The van der Waals surface area contributed by atoms with Crippen molar-refractivity contribution in [1.29, 1.82) is 0 Å². The van der Waals surface area contributed by atoms with E-state index in [0.29, 0.717) is 42.6 Å². The number of nitrogens with one attached hydrogen (secondary N) is 1. The van der Waals surface area contributed by atoms with Gasteiger partial charge in [-0.1, -0.05) is 35.3 Å². The number of halogens is 2. The molecular formula is C28H38Cl2N5O3+. The molecule has 0 aliphatic carbocycles. The fraction of sp³-hybridized carbons (Fsp3) is 0.429. The average Bonchev–Trinajstić information content (AvgIpc) is 3.16. The quantitative estimate of drug-likeness (QED) is 0.168. The number of imidazole rings is 1. The predicted molar refractivity (Wildman–Crippen MR) is 155 cm³/mol. The van der Waals surface area contributed by atoms with Crippen molar-refractivity contribution >= 4 is 58.0 Å². The van der Waals surface area contributed by atoms with Gasteiger partial charge in [-0.15, -0.1) is 0 Å². The van der Waals surface area contributed by atoms with Crippen molar-refractivity contribution in [3.05, 3.63) is 57.8 Å². The highest BCUT2D eigenvalue weighted by atomic mass is 35.5. The van der Waals surface area contributed by atoms with Gasteiger partial charge in [-0.3, -0.25) is 4.79 Å². The van der Waals surface area contributed by atoms with Gasteiger partial charge in [-0.25, -0.2) is 9.13 Å². The van der Waals surface area contributed by atoms with E-state index >= 15 is 0 Å². The number of unbranched alkanes of at least 4 members (excludes halogenated alkanes) is 2. The zero-order chi connectivity index (χ0) is 27.5. The standard InChI is InChI=1S/C28H37Cl2N5O3/c1-33-25-19-23(29)24(30)20-26(25)35(14-4-2-3-5-27(38)32-13-12-31)28(33)11-8-21-6-9-22(10-7-21)34(15-17-36)16-18-37/h6-11,19-20,36-37H,2-5,12-18,31H2,1H3/p+1. The van der Waals surface area contributed by atoms with Gasteiger partial charge in [0.1, 0.15) is 0 Å². The maximum absolute atomic E-state index is 11.8. The van der Waals surface area contributed by atoms with Crippen molar-refractivity contribution in [3.63, 3.8) is 0 Å². The summed E-state index contributed by atoms with van der Waals surface area (Å²) in [6.45, 7) is 2.72. The molecule has 3 rings (SSSR count). The lowest BCUT2D eigenvalue weighted by atomic mass is 10.1. The normalized spacial score (nSPS) is 11.5. The van der Waals surface area contributed by atoms with Crippen LogP contribution in [0.4, 0.5) is 5.69 Å². The third kappa shape index (κ3) is 7.94. The van der Waals surface area contributed by atoms with Crippen LogP contribution in [0.5, 0.6) is 0 Å². The van der Waals surface area contributed by atoms with Crippen LogP contribution in [0.3, 0.4) is 0 Å². The topological polar surface area (TPSA) is 108 Å². The molecule has 0 aliphatic rings. The van der Waals surface area contributed by atoms with E-state index in [1.54, 1.807) is 0 Å². The average molecular weight is 564 g/mol. The summed E-state index contributed by atoms with van der Waals surface area (Å²) in [5.74, 6) is 1.05. The molecule has 0 radical (unpaired) electrons. The Balaban J connectivity index is 1.79. The Morgan fingerprint density at radius 1 is 1.05 bits per heavy atom. The molecule has 0 unspecified atom stereocenters. The second-order valence-electron chi connectivity index (χ2n) is 9.13. The van der Waals surface area contributed by atoms with Crippen LogP contribution in [0.25, 0.3) is 23.2 Å². The number of hydrogen-bond donors (Lipinski definition) is 4. The Hall–Kier alpha value is -2.62. The molecule has 0 aliphatic heterocycles. The molecule has 10 heteroatoms. The number of aromatic nitrogens is 2. The van der Waals surface area contributed by atoms with E-state index in [9.17, 15) is 15.0 Å². The highest BCUT2D eigenvalue weighted by Gasteiger charge is 2.22. The summed E-state index contributed by atoms with van der Waals surface area (Å²) < 4.78 is 4.34. The number of nitrogens with zero attached hydrogens (tertiary/aromatic N) is 3. The summed E-state index contributed by atoms with van der Waals surface area (Å²) in [6.07, 6.45) is 7.28. The minimum atomic E-state index is 0.0260. The van der Waals surface area contributed by atoms with Crippen molar-refractivity contribution in [1.82, 2.24) is 9.88 Å². The Morgan fingerprint density at radius 2 is 1.74 bits per heavy atom. The summed E-state index contributed by atoms with van der Waals surface area (Å²) in [7, 11) is 2.01. The van der Waals surface area contributed by atoms with Gasteiger partial charge in [-0.2, -0.15) is 0 Å². The third-order valence-corrected chi connectivity index (χ3v) is 7.19. The van der Waals surface area contributed by atoms with Crippen molar-refractivity contribution in [2.75, 3.05) is 44.3 Å². The monoisotopic (exact) mass is 562 g/mol. The molecule has 206 valence electrons. The van der Waals surface area contributed by atoms with Crippen LogP contribution in [0.1, 0.15) is 37.1 Å². The number of hydrogen-bond acceptors (Lipinski definition) is 5. The maximum Gasteiger partial charge on any atom is 0.282 e. The van der Waals surface area contributed by atoms with E-state index in [0.717, 1.165) is 53.9 Å². The molecule has 2 aromatic carbocycles. The largest absolute Gasteiger partial charge is 0.395 e. The Morgan fingerprint density at radius 3 is 2.39 bits per heavy atom. The predicted octanol–water partition coefficient (Wildman–Crippen LogP) is 3.37. The second-order valence-corrected chi connectivity index (χ2v) is 9.95. The number of aliphatic hydroxyl groups excluding tert-OH is 2. The van der Waals surface area contributed by atoms with E-state index in [2.05, 4.69) is 26.6 Å². The molecule has 0 bridgehead atoms. The fourth-order valence-electron chi connectivity index (χ4n) is 4.49. The van der Waals surface area contributed by atoms with Gasteiger partial charge in [0, 0.05) is 56.5 Å². The molecule has 1 aromatic heterocycles. The van der Waals surface area contributed by atoms with E-state index in [1.165, 1.54) is 0 Å². The first-order valence-corrected chi connectivity index (χ1v) is 13.7. The van der Waals surface area contributed by atoms with Crippen LogP contribution in [0, 0.1) is 0 Å². The first kappa shape index (κ1) is 29.9. The van der Waals surface area contributed by atoms with Gasteiger partial charge < -0.3 is 26.2 Å². The zero-order valence-corrected chi connectivity index (χ0v) is 23.4. The Labute approximate surface area is 234 Å². The van der Waals surface area contributed by atoms with E-state index in [1.807, 2.05) is 48.3 Å². The summed E-state index contributed by atoms with van der Waals surface area (Å²) in [5, 5.41) is 22.4. The maximum atomic E-state index is 11.8. The first-order valence-electron chi connectivity index (χ1n) is 13.0. The van der Waals surface area contributed by atoms with Crippen LogP contribution >= 0.6 is 23.2 Å². The van der Waals surface area contributed by atoms with Crippen LogP contribution in [-0.4, -0.2) is 60.1 Å². The van der Waals surface area contributed by atoms with Gasteiger partial charge in [0.2, 0.25) is 5.91 Å². The van der Waals surface area contributed by atoms with Gasteiger partial charge in [0.05, 0.1) is 36.9 Å². The van der Waals surface area contributed by atoms with Gasteiger partial charge in [-0.05, 0) is 43.0 Å². The molecule has 3 aromatic rings. The number of fused-ring (bicyclic) bond motifs is 1. The molecule has 8 nitrogen and oxygen atoms in total. The molecule has 0 spiro atoms. The molecule has 1 heterocycles. The lowest BCUT2D eigenvalue weighted by Crippen LogP contribution is -2.31. The number of nitrogens with two attached hydrogens (primary N) is 1. The number of rotatable bonds is 15. The van der Waals surface area contributed by atoms with Crippen LogP contribution < -0.4 is 20.5 Å². The lowest BCUT2D eigenvalue weighted by Gasteiger charge is -2.22. The number of benzene rings is 2. The SMILES string of the molecule is C[n+]1c(/C=C/c2ccc(N(CCO)CCO)cc2)n(CCCCCC(=O)NCCN)c2cc(Cl)c(Cl)cc21. The van der Waals surface area contributed by atoms with E-state index < -0.39 is 0 Å². The van der Waals surface area contributed by atoms with Gasteiger partial charge in [0.15, 0.2) is 11.0 Å². The van der Waals surface area contributed by atoms with E-state index in [4.69, 9.17) is 28.9 Å². The molecule has 0 saturated heterocycles. The molecule has 0 fully saturated rings. The first-order chi connectivity index (χ1) is 18.4. The summed E-state index contributed by atoms with van der Waals surface area (Å²) in [4.78, 5) is 13.8. The highest BCUT2D eigenvalue weighted by molar-refractivity contribution is 6.42. The molecule has 38 heavy (non-hydrogen) atoms. The Bertz CT molecular complexity index is 1220. The van der Waals surface area contributed by atoms with Crippen molar-refractivity contribution < 1.29 is 19.6 Å². The van der Waals surface area contributed by atoms with Crippen molar-refractivity contribution in [3.8, 4) is 0 Å². The van der Waals surface area contributed by atoms with Crippen molar-refractivity contribution in [2.45, 2.75) is 32.2 Å². The zero-order valence-electron chi connectivity index (χ0n) is 21.9. The number of carbonyl (C=O) groups is 1. The number of aliphatic hydroxyl groups is 2.